The van der Waals surface area contributed by atoms with Crippen molar-refractivity contribution in [2.75, 3.05) is 0 Å². The van der Waals surface area contributed by atoms with E-state index in [1.165, 1.54) is 43.7 Å². The maximum Gasteiger partial charge on any atom is 0.235 e. The van der Waals surface area contributed by atoms with Crippen LogP contribution in [-0.2, 0) is 0 Å². The van der Waals surface area contributed by atoms with E-state index >= 15 is 0 Å². The number of aromatic nitrogens is 5. The summed E-state index contributed by atoms with van der Waals surface area (Å²) in [5.41, 5.74) is 17.5. The smallest absolute Gasteiger partial charge is 0.235 e. The Labute approximate surface area is 398 Å². The average molecular weight is 880 g/mol. The van der Waals surface area contributed by atoms with Crippen LogP contribution in [0.4, 0.5) is 0 Å². The number of hydrogen-bond donors (Lipinski definition) is 0. The third-order valence-corrected chi connectivity index (χ3v) is 13.9. The van der Waals surface area contributed by atoms with Gasteiger partial charge in [0.15, 0.2) is 0 Å². The van der Waals surface area contributed by atoms with Crippen LogP contribution in [0.25, 0.3) is 128 Å². The van der Waals surface area contributed by atoms with E-state index in [2.05, 4.69) is 250 Å². The lowest BCUT2D eigenvalue weighted by atomic mass is 9.99. The Kier molecular flexibility index (Phi) is 8.83. The summed E-state index contributed by atoms with van der Waals surface area (Å²) in [7, 11) is 0. The van der Waals surface area contributed by atoms with Gasteiger partial charge >= 0.3 is 0 Å². The van der Waals surface area contributed by atoms with Crippen LogP contribution in [0.1, 0.15) is 0 Å². The molecule has 14 aromatic rings. The first-order valence-electron chi connectivity index (χ1n) is 23.5. The number of nitrogens with zero attached hydrogens (tertiary/aromatic N) is 5. The maximum atomic E-state index is 5.31. The van der Waals surface area contributed by atoms with Gasteiger partial charge in [0, 0.05) is 54.8 Å². The summed E-state index contributed by atoms with van der Waals surface area (Å²) in [6.07, 6.45) is 0. The van der Waals surface area contributed by atoms with Gasteiger partial charge in [0.05, 0.1) is 44.5 Å². The highest BCUT2D eigenvalue weighted by Gasteiger charge is 2.20. The Balaban J connectivity index is 0.947. The molecule has 69 heavy (non-hydrogen) atoms. The van der Waals surface area contributed by atoms with Crippen molar-refractivity contribution in [2.24, 2.45) is 0 Å². The molecule has 5 nitrogen and oxygen atoms in total. The summed E-state index contributed by atoms with van der Waals surface area (Å²) in [6.45, 7) is 0. The maximum absolute atomic E-state index is 5.31. The molecule has 0 saturated carbocycles. The quantitative estimate of drug-likeness (QED) is 0.160. The first-order valence-corrected chi connectivity index (χ1v) is 23.5. The minimum Gasteiger partial charge on any atom is -0.309 e. The van der Waals surface area contributed by atoms with Crippen LogP contribution < -0.4 is 0 Å². The molecule has 0 aliphatic heterocycles. The van der Waals surface area contributed by atoms with Gasteiger partial charge in [-0.1, -0.05) is 170 Å². The van der Waals surface area contributed by atoms with Gasteiger partial charge in [-0.3, -0.25) is 4.57 Å². The monoisotopic (exact) mass is 879 g/mol. The van der Waals surface area contributed by atoms with Crippen LogP contribution >= 0.6 is 0 Å². The molecule has 0 bridgehead atoms. The van der Waals surface area contributed by atoms with Crippen LogP contribution in [0, 0.1) is 0 Å². The van der Waals surface area contributed by atoms with Crippen molar-refractivity contribution >= 4 is 65.4 Å². The van der Waals surface area contributed by atoms with E-state index in [0.29, 0.717) is 5.95 Å². The largest absolute Gasteiger partial charge is 0.309 e. The normalized spacial score (nSPS) is 11.8. The van der Waals surface area contributed by atoms with E-state index in [-0.39, 0.29) is 0 Å². The highest BCUT2D eigenvalue weighted by atomic mass is 15.2. The number of para-hydroxylation sites is 3. The minimum absolute atomic E-state index is 0.634. The summed E-state index contributed by atoms with van der Waals surface area (Å²) in [5.74, 6) is 0.634. The zero-order chi connectivity index (χ0) is 45.4. The van der Waals surface area contributed by atoms with E-state index in [4.69, 9.17) is 9.97 Å². The number of rotatable bonds is 7. The predicted octanol–water partition coefficient (Wildman–Crippen LogP) is 16.4. The molecule has 4 aromatic heterocycles. The lowest BCUT2D eigenvalue weighted by Gasteiger charge is -2.12. The van der Waals surface area contributed by atoms with E-state index in [9.17, 15) is 0 Å². The SMILES string of the molecule is c1ccc(-c2ccc3c(c2)c2cc(-c4ccc5c6ccccc6n(-c6nc(-c7ccccc7)cc(-c7ccccc7)n6)c5c4)ccc2n3-c2ccc(-n3c4ccccc4c4ccccc43)cc2)cc1. The molecule has 0 N–H and O–H groups in total. The molecule has 0 spiro atoms. The molecule has 5 heteroatoms. The van der Waals surface area contributed by atoms with Gasteiger partial charge in [-0.05, 0) is 101 Å². The highest BCUT2D eigenvalue weighted by Crippen LogP contribution is 2.40. The Morgan fingerprint density at radius 3 is 1.07 bits per heavy atom. The standard InChI is InChI=1S/C64H41N5/c1-4-16-42(17-5-1)45-29-36-61-54(38-45)55-39-46(30-37-62(55)68(61)49-33-31-48(32-34-49)67-58-25-13-10-22-50(58)51-23-11-14-26-59(51)67)47-28-35-53-52-24-12-15-27-60(52)69(63(53)40-47)64-65-56(43-18-6-2-7-19-43)41-57(66-64)44-20-8-3-9-21-44/h1-41H. The zero-order valence-corrected chi connectivity index (χ0v) is 37.4. The van der Waals surface area contributed by atoms with Crippen molar-refractivity contribution in [3.8, 4) is 62.1 Å². The first-order chi connectivity index (χ1) is 34.2. The molecule has 4 heterocycles. The molecule has 10 aromatic carbocycles. The molecule has 0 atom stereocenters. The second-order valence-electron chi connectivity index (χ2n) is 17.8. The van der Waals surface area contributed by atoms with Gasteiger partial charge in [0.25, 0.3) is 0 Å². The molecular weight excluding hydrogens is 839 g/mol. The molecule has 0 aliphatic rings. The Morgan fingerprint density at radius 2 is 0.580 bits per heavy atom. The van der Waals surface area contributed by atoms with Crippen molar-refractivity contribution < 1.29 is 0 Å². The average Bonchev–Trinajstić information content (AvgIpc) is 4.06. The van der Waals surface area contributed by atoms with Gasteiger partial charge in [-0.25, -0.2) is 9.97 Å². The summed E-state index contributed by atoms with van der Waals surface area (Å²) < 4.78 is 7.04. The lowest BCUT2D eigenvalue weighted by molar-refractivity contribution is 0.996. The molecular formula is C64H41N5. The fraction of sp³-hybridized carbons (Fsp3) is 0. The van der Waals surface area contributed by atoms with Crippen molar-refractivity contribution in [3.63, 3.8) is 0 Å². The van der Waals surface area contributed by atoms with Crippen molar-refractivity contribution in [2.45, 2.75) is 0 Å². The Morgan fingerprint density at radius 1 is 0.217 bits per heavy atom. The van der Waals surface area contributed by atoms with Crippen molar-refractivity contribution in [3.05, 3.63) is 249 Å². The number of benzene rings is 10. The third-order valence-electron chi connectivity index (χ3n) is 13.9. The Hall–Kier alpha value is -9.32. The molecule has 0 unspecified atom stereocenters. The fourth-order valence-electron chi connectivity index (χ4n) is 10.7. The summed E-state index contributed by atoms with van der Waals surface area (Å²) >= 11 is 0. The van der Waals surface area contributed by atoms with E-state index in [1.807, 2.05) is 12.1 Å². The summed E-state index contributed by atoms with van der Waals surface area (Å²) in [5, 5.41) is 7.22. The second-order valence-corrected chi connectivity index (χ2v) is 17.8. The van der Waals surface area contributed by atoms with Gasteiger partial charge < -0.3 is 9.13 Å². The zero-order valence-electron chi connectivity index (χ0n) is 37.4. The molecule has 322 valence electrons. The molecule has 0 radical (unpaired) electrons. The predicted molar refractivity (Wildman–Crippen MR) is 287 cm³/mol. The highest BCUT2D eigenvalue weighted by molar-refractivity contribution is 6.13. The van der Waals surface area contributed by atoms with Gasteiger partial charge in [0.1, 0.15) is 0 Å². The first kappa shape index (κ1) is 38.9. The summed E-state index contributed by atoms with van der Waals surface area (Å²) in [4.78, 5) is 10.6. The van der Waals surface area contributed by atoms with Crippen molar-refractivity contribution in [1.29, 1.82) is 0 Å². The van der Waals surface area contributed by atoms with E-state index in [1.54, 1.807) is 0 Å². The van der Waals surface area contributed by atoms with Crippen LogP contribution in [0.2, 0.25) is 0 Å². The van der Waals surface area contributed by atoms with Crippen LogP contribution in [-0.4, -0.2) is 23.7 Å². The molecule has 0 amide bonds. The van der Waals surface area contributed by atoms with E-state index < -0.39 is 0 Å². The second kappa shape index (κ2) is 15.7. The molecule has 0 saturated heterocycles. The number of fused-ring (bicyclic) bond motifs is 9. The van der Waals surface area contributed by atoms with Gasteiger partial charge in [-0.2, -0.15) is 0 Å². The summed E-state index contributed by atoms with van der Waals surface area (Å²) in [6, 6.07) is 89.3. The minimum atomic E-state index is 0.634. The van der Waals surface area contributed by atoms with Gasteiger partial charge in [-0.15, -0.1) is 0 Å². The van der Waals surface area contributed by atoms with Gasteiger partial charge in [0.2, 0.25) is 5.95 Å². The van der Waals surface area contributed by atoms with Crippen LogP contribution in [0.3, 0.4) is 0 Å². The third kappa shape index (κ3) is 6.32. The fourth-order valence-corrected chi connectivity index (χ4v) is 10.7. The topological polar surface area (TPSA) is 40.6 Å². The van der Waals surface area contributed by atoms with Crippen molar-refractivity contribution in [1.82, 2.24) is 23.7 Å². The van der Waals surface area contributed by atoms with E-state index in [0.717, 1.165) is 77.9 Å². The number of hydrogen-bond acceptors (Lipinski definition) is 2. The molecule has 0 fully saturated rings. The Bertz CT molecular complexity index is 4170. The lowest BCUT2D eigenvalue weighted by Crippen LogP contribution is -2.04. The molecule has 14 rings (SSSR count). The molecule has 0 aliphatic carbocycles. The van der Waals surface area contributed by atoms with Crippen LogP contribution in [0.15, 0.2) is 249 Å². The van der Waals surface area contributed by atoms with Crippen LogP contribution in [0.5, 0.6) is 0 Å².